The normalized spacial score (nSPS) is 17.5. The molecule has 2 aliphatic heterocycles. The number of methoxy groups -OCH3 is 2. The van der Waals surface area contributed by atoms with E-state index >= 15 is 4.39 Å². The summed E-state index contributed by atoms with van der Waals surface area (Å²) in [6.07, 6.45) is 5.13. The average molecular weight is 646 g/mol. The quantitative estimate of drug-likeness (QED) is 0.187. The van der Waals surface area contributed by atoms with Gasteiger partial charge in [0.2, 0.25) is 0 Å². The van der Waals surface area contributed by atoms with Gasteiger partial charge < -0.3 is 23.8 Å². The predicted molar refractivity (Wildman–Crippen MR) is 168 cm³/mol. The molecule has 0 saturated carbocycles. The zero-order chi connectivity index (χ0) is 31.3. The number of ether oxygens (including phenoxy) is 4. The molecule has 1 saturated heterocycles. The first-order valence-corrected chi connectivity index (χ1v) is 16.9. The number of thioether (sulfide) groups is 1. The van der Waals surface area contributed by atoms with Gasteiger partial charge in [0.15, 0.2) is 23.1 Å². The van der Waals surface area contributed by atoms with Gasteiger partial charge in [0.05, 0.1) is 36.9 Å². The molecule has 1 fully saturated rings. The third-order valence-electron chi connectivity index (χ3n) is 7.53. The minimum Gasteiger partial charge on any atom is -0.493 e. The Morgan fingerprint density at radius 3 is 2.73 bits per heavy atom. The molecule has 3 aromatic rings. The Hall–Kier alpha value is -3.55. The van der Waals surface area contributed by atoms with Crippen LogP contribution in [0.1, 0.15) is 32.6 Å². The fraction of sp³-hybridized carbons (Fsp3) is 0.419. The highest BCUT2D eigenvalue weighted by atomic mass is 32.2. The number of nitrogens with one attached hydrogen (secondary N) is 1. The molecule has 0 amide bonds. The van der Waals surface area contributed by atoms with Crippen LogP contribution in [-0.2, 0) is 19.6 Å². The van der Waals surface area contributed by atoms with E-state index in [1.54, 1.807) is 31.5 Å². The lowest BCUT2D eigenvalue weighted by molar-refractivity contribution is -0.135. The highest BCUT2D eigenvalue weighted by Gasteiger charge is 2.31. The van der Waals surface area contributed by atoms with Crippen molar-refractivity contribution in [1.29, 1.82) is 0 Å². The molecule has 44 heavy (non-hydrogen) atoms. The van der Waals surface area contributed by atoms with Crippen LogP contribution in [0.4, 0.5) is 10.1 Å². The lowest BCUT2D eigenvalue weighted by atomic mass is 10.0. The highest BCUT2D eigenvalue weighted by molar-refractivity contribution is 8.06. The zero-order valence-electron chi connectivity index (χ0n) is 24.9. The Balaban J connectivity index is 1.28. The molecular formula is C31H36FN3O7S2. The fourth-order valence-electron chi connectivity index (χ4n) is 5.39. The highest BCUT2D eigenvalue weighted by Crippen LogP contribution is 2.39. The third-order valence-corrected chi connectivity index (χ3v) is 10.3. The van der Waals surface area contributed by atoms with Crippen molar-refractivity contribution in [3.05, 3.63) is 58.2 Å². The number of carbonyl (C=O) groups excluding carboxylic acids is 1. The number of esters is 1. The summed E-state index contributed by atoms with van der Waals surface area (Å²) in [6, 6.07) is 8.86. The van der Waals surface area contributed by atoms with Crippen molar-refractivity contribution in [2.75, 3.05) is 50.9 Å². The summed E-state index contributed by atoms with van der Waals surface area (Å²) in [7, 11) is -1.36. The first-order valence-electron chi connectivity index (χ1n) is 14.4. The molecule has 0 aliphatic carbocycles. The van der Waals surface area contributed by atoms with E-state index < -0.39 is 21.8 Å². The van der Waals surface area contributed by atoms with E-state index in [2.05, 4.69) is 21.5 Å². The van der Waals surface area contributed by atoms with Gasteiger partial charge in [-0.3, -0.25) is 9.71 Å². The Morgan fingerprint density at radius 1 is 1.14 bits per heavy atom. The first-order chi connectivity index (χ1) is 21.2. The molecule has 0 radical (unpaired) electrons. The van der Waals surface area contributed by atoms with E-state index in [1.807, 2.05) is 0 Å². The number of likely N-dealkylation sites (tertiary alicyclic amines) is 1. The number of sulfonamides is 1. The minimum absolute atomic E-state index is 0.0127. The van der Waals surface area contributed by atoms with E-state index in [9.17, 15) is 13.2 Å². The number of allylic oxidation sites excluding steroid dienone is 1. The standard InChI is InChI=1S/C31H36FN3O7S2/c1-20-6-4-12-35(19-20)13-5-14-41-28-18-24-22(17-27(28)39-2)25(9-11-33-24)42-26-8-7-21(16-23(26)32)34-44(37,38)29-10-15-43-30(29)31(36)40-3/h7-9,11,16-18,20,34H,4-6,10,12-15,19H2,1-3H3. The number of fused-ring (bicyclic) bond motifs is 1. The molecule has 3 heterocycles. The molecule has 1 aromatic heterocycles. The maximum absolute atomic E-state index is 15.2. The van der Waals surface area contributed by atoms with Crippen molar-refractivity contribution in [3.8, 4) is 23.0 Å². The van der Waals surface area contributed by atoms with Gasteiger partial charge in [0.1, 0.15) is 10.7 Å². The predicted octanol–water partition coefficient (Wildman–Crippen LogP) is 5.94. The molecule has 0 spiro atoms. The summed E-state index contributed by atoms with van der Waals surface area (Å²) in [5, 5.41) is 0.587. The van der Waals surface area contributed by atoms with Crippen molar-refractivity contribution < 1.29 is 36.6 Å². The summed E-state index contributed by atoms with van der Waals surface area (Å²) >= 11 is 1.11. The lowest BCUT2D eigenvalue weighted by Crippen LogP contribution is -2.35. The summed E-state index contributed by atoms with van der Waals surface area (Å²) in [5.74, 6) is 0.938. The van der Waals surface area contributed by atoms with Crippen LogP contribution in [0.25, 0.3) is 10.9 Å². The first kappa shape index (κ1) is 31.9. The second kappa shape index (κ2) is 14.0. The van der Waals surface area contributed by atoms with E-state index in [-0.39, 0.29) is 27.7 Å². The van der Waals surface area contributed by atoms with Gasteiger partial charge in [-0.2, -0.15) is 0 Å². The van der Waals surface area contributed by atoms with Gasteiger partial charge in [-0.05, 0) is 62.4 Å². The van der Waals surface area contributed by atoms with Gasteiger partial charge in [-0.25, -0.2) is 17.6 Å². The summed E-state index contributed by atoms with van der Waals surface area (Å²) in [6.45, 7) is 6.06. The summed E-state index contributed by atoms with van der Waals surface area (Å²) in [5.41, 5.74) is 0.568. The largest absolute Gasteiger partial charge is 0.493 e. The molecule has 1 atom stereocenters. The van der Waals surface area contributed by atoms with Gasteiger partial charge in [-0.1, -0.05) is 6.92 Å². The number of aromatic nitrogens is 1. The number of carbonyl (C=O) groups is 1. The van der Waals surface area contributed by atoms with Gasteiger partial charge in [-0.15, -0.1) is 11.8 Å². The molecule has 0 bridgehead atoms. The second-order valence-corrected chi connectivity index (χ2v) is 13.6. The fourth-order valence-corrected chi connectivity index (χ4v) is 8.26. The molecule has 13 heteroatoms. The Morgan fingerprint density at radius 2 is 1.98 bits per heavy atom. The molecule has 236 valence electrons. The number of hydrogen-bond acceptors (Lipinski definition) is 10. The van der Waals surface area contributed by atoms with Crippen molar-refractivity contribution in [2.24, 2.45) is 5.92 Å². The van der Waals surface area contributed by atoms with E-state index in [1.165, 1.54) is 32.1 Å². The Bertz CT molecular complexity index is 1670. The summed E-state index contributed by atoms with van der Waals surface area (Å²) < 4.78 is 65.7. The zero-order valence-corrected chi connectivity index (χ0v) is 26.6. The molecule has 2 aliphatic rings. The van der Waals surface area contributed by atoms with Crippen LogP contribution in [-0.4, -0.2) is 70.5 Å². The van der Waals surface area contributed by atoms with Crippen LogP contribution in [0.5, 0.6) is 23.0 Å². The topological polar surface area (TPSA) is 116 Å². The Kier molecular flexibility index (Phi) is 10.2. The summed E-state index contributed by atoms with van der Waals surface area (Å²) in [4.78, 5) is 18.8. The smallest absolute Gasteiger partial charge is 0.345 e. The number of pyridine rings is 1. The molecular weight excluding hydrogens is 609 g/mol. The number of hydrogen-bond donors (Lipinski definition) is 1. The number of piperidine rings is 1. The van der Waals surface area contributed by atoms with E-state index in [4.69, 9.17) is 18.9 Å². The van der Waals surface area contributed by atoms with E-state index in [0.29, 0.717) is 40.5 Å². The van der Waals surface area contributed by atoms with Crippen LogP contribution in [0.3, 0.4) is 0 Å². The van der Waals surface area contributed by atoms with Crippen LogP contribution in [0.2, 0.25) is 0 Å². The average Bonchev–Trinajstić information content (AvgIpc) is 3.51. The van der Waals surface area contributed by atoms with Crippen molar-refractivity contribution in [3.63, 3.8) is 0 Å². The number of benzene rings is 2. The monoisotopic (exact) mass is 645 g/mol. The van der Waals surface area contributed by atoms with Crippen molar-refractivity contribution in [1.82, 2.24) is 9.88 Å². The van der Waals surface area contributed by atoms with Crippen LogP contribution < -0.4 is 18.9 Å². The SMILES string of the molecule is COC(=O)C1=C(S(=O)(=O)Nc2ccc(Oc3ccnc4cc(OCCCN5CCCC(C)C5)c(OC)cc34)c(F)c2)CCS1. The third kappa shape index (κ3) is 7.39. The number of rotatable bonds is 12. The Labute approximate surface area is 261 Å². The van der Waals surface area contributed by atoms with Crippen LogP contribution >= 0.6 is 11.8 Å². The maximum atomic E-state index is 15.2. The van der Waals surface area contributed by atoms with Crippen molar-refractivity contribution in [2.45, 2.75) is 32.6 Å². The molecule has 1 unspecified atom stereocenters. The lowest BCUT2D eigenvalue weighted by Gasteiger charge is -2.30. The number of nitrogens with zero attached hydrogens (tertiary/aromatic N) is 2. The van der Waals surface area contributed by atoms with E-state index in [0.717, 1.165) is 49.8 Å². The number of anilines is 1. The van der Waals surface area contributed by atoms with Crippen molar-refractivity contribution >= 4 is 44.3 Å². The molecule has 2 aromatic carbocycles. The molecule has 1 N–H and O–H groups in total. The second-order valence-electron chi connectivity index (χ2n) is 10.8. The van der Waals surface area contributed by atoms with Crippen LogP contribution in [0, 0.1) is 11.7 Å². The minimum atomic E-state index is -4.10. The van der Waals surface area contributed by atoms with Gasteiger partial charge in [0.25, 0.3) is 10.0 Å². The van der Waals surface area contributed by atoms with Crippen LogP contribution in [0.15, 0.2) is 52.4 Å². The number of halogens is 1. The maximum Gasteiger partial charge on any atom is 0.345 e. The van der Waals surface area contributed by atoms with Gasteiger partial charge in [0, 0.05) is 42.6 Å². The molecule has 5 rings (SSSR count). The van der Waals surface area contributed by atoms with Gasteiger partial charge >= 0.3 is 5.97 Å². The molecule has 10 nitrogen and oxygen atoms in total.